The van der Waals surface area contributed by atoms with Crippen LogP contribution in [0.4, 0.5) is 0 Å². The van der Waals surface area contributed by atoms with Crippen LogP contribution in [-0.2, 0) is 4.74 Å². The molecule has 0 aromatic heterocycles. The maximum Gasteiger partial charge on any atom is 0.100 e. The first-order valence-electron chi connectivity index (χ1n) is 11.6. The Kier molecular flexibility index (Phi) is 21.1. The highest BCUT2D eigenvalue weighted by molar-refractivity contribution is 4.62. The quantitative estimate of drug-likeness (QED) is 0.229. The minimum absolute atomic E-state index is 0.207. The smallest absolute Gasteiger partial charge is 0.100 e. The van der Waals surface area contributed by atoms with Crippen molar-refractivity contribution in [3.8, 4) is 0 Å². The van der Waals surface area contributed by atoms with Gasteiger partial charge in [-0.2, -0.15) is 0 Å². The molecule has 26 heavy (non-hydrogen) atoms. The van der Waals surface area contributed by atoms with Crippen LogP contribution in [0.1, 0.15) is 123 Å². The van der Waals surface area contributed by atoms with Crippen LogP contribution in [0.5, 0.6) is 0 Å². The predicted octanol–water partition coefficient (Wildman–Crippen LogP) is 6.40. The van der Waals surface area contributed by atoms with Crippen molar-refractivity contribution in [2.45, 2.75) is 135 Å². The first-order valence-corrected chi connectivity index (χ1v) is 11.6. The SMILES string of the molecule is CCCCCCCCCCCCCC(CCCCCC)OCC(O)CO. The van der Waals surface area contributed by atoms with E-state index in [0.29, 0.717) is 0 Å². The van der Waals surface area contributed by atoms with Crippen molar-refractivity contribution in [1.29, 1.82) is 0 Å². The number of rotatable bonds is 21. The Labute approximate surface area is 163 Å². The maximum atomic E-state index is 9.50. The van der Waals surface area contributed by atoms with Crippen LogP contribution < -0.4 is 0 Å². The average molecular weight is 373 g/mol. The zero-order valence-electron chi connectivity index (χ0n) is 17.9. The van der Waals surface area contributed by atoms with Gasteiger partial charge in [-0.1, -0.05) is 110 Å². The molecule has 0 saturated heterocycles. The molecule has 3 heteroatoms. The zero-order valence-corrected chi connectivity index (χ0v) is 17.9. The first kappa shape index (κ1) is 25.9. The summed E-state index contributed by atoms with van der Waals surface area (Å²) in [6.45, 7) is 4.57. The van der Waals surface area contributed by atoms with Crippen molar-refractivity contribution in [2.75, 3.05) is 13.2 Å². The van der Waals surface area contributed by atoms with E-state index in [1.54, 1.807) is 0 Å². The molecule has 0 aromatic rings. The van der Waals surface area contributed by atoms with E-state index in [0.717, 1.165) is 12.8 Å². The third-order valence-corrected chi connectivity index (χ3v) is 5.24. The number of unbranched alkanes of at least 4 members (excludes halogenated alkanes) is 13. The van der Waals surface area contributed by atoms with E-state index in [2.05, 4.69) is 13.8 Å². The highest BCUT2D eigenvalue weighted by Crippen LogP contribution is 2.17. The molecular weight excluding hydrogens is 324 g/mol. The van der Waals surface area contributed by atoms with Crippen LogP contribution in [-0.4, -0.2) is 35.6 Å². The van der Waals surface area contributed by atoms with Crippen LogP contribution in [0, 0.1) is 0 Å². The van der Waals surface area contributed by atoms with Gasteiger partial charge in [-0.3, -0.25) is 0 Å². The van der Waals surface area contributed by atoms with Crippen molar-refractivity contribution >= 4 is 0 Å². The fourth-order valence-electron chi connectivity index (χ4n) is 3.45. The summed E-state index contributed by atoms with van der Waals surface area (Å²) in [5.41, 5.74) is 0. The van der Waals surface area contributed by atoms with Gasteiger partial charge in [0.2, 0.25) is 0 Å². The van der Waals surface area contributed by atoms with Crippen LogP contribution in [0.15, 0.2) is 0 Å². The summed E-state index contributed by atoms with van der Waals surface area (Å²) < 4.78 is 5.86. The molecule has 0 rings (SSSR count). The highest BCUT2D eigenvalue weighted by atomic mass is 16.5. The third-order valence-electron chi connectivity index (χ3n) is 5.24. The van der Waals surface area contributed by atoms with E-state index in [4.69, 9.17) is 9.84 Å². The summed E-state index contributed by atoms with van der Waals surface area (Å²) in [4.78, 5) is 0. The lowest BCUT2D eigenvalue weighted by atomic mass is 10.0. The second-order valence-corrected chi connectivity index (χ2v) is 7.97. The van der Waals surface area contributed by atoms with E-state index in [1.807, 2.05) is 0 Å². The minimum atomic E-state index is -0.731. The summed E-state index contributed by atoms with van der Waals surface area (Å²) in [5.74, 6) is 0. The van der Waals surface area contributed by atoms with Crippen LogP contribution in [0.2, 0.25) is 0 Å². The van der Waals surface area contributed by atoms with Gasteiger partial charge in [-0.25, -0.2) is 0 Å². The molecular formula is C23H48O3. The van der Waals surface area contributed by atoms with Crippen LogP contribution >= 0.6 is 0 Å². The Morgan fingerprint density at radius 3 is 1.42 bits per heavy atom. The van der Waals surface area contributed by atoms with Crippen molar-refractivity contribution in [3.05, 3.63) is 0 Å². The molecule has 0 amide bonds. The molecule has 0 aliphatic rings. The zero-order chi connectivity index (χ0) is 19.3. The molecule has 0 spiro atoms. The Morgan fingerprint density at radius 1 is 0.615 bits per heavy atom. The monoisotopic (exact) mass is 372 g/mol. The number of hydrogen-bond acceptors (Lipinski definition) is 3. The normalized spacial score (nSPS) is 13.8. The molecule has 2 N–H and O–H groups in total. The molecule has 0 heterocycles. The molecule has 2 atom stereocenters. The van der Waals surface area contributed by atoms with Crippen molar-refractivity contribution in [1.82, 2.24) is 0 Å². The van der Waals surface area contributed by atoms with Crippen LogP contribution in [0.3, 0.4) is 0 Å². The molecule has 0 radical (unpaired) electrons. The average Bonchev–Trinajstić information content (AvgIpc) is 2.66. The summed E-state index contributed by atoms with van der Waals surface area (Å²) in [6.07, 6.45) is 21.8. The van der Waals surface area contributed by atoms with Crippen molar-refractivity contribution < 1.29 is 14.9 Å². The second kappa shape index (κ2) is 21.2. The number of aliphatic hydroxyl groups is 2. The summed E-state index contributed by atoms with van der Waals surface area (Å²) in [5, 5.41) is 18.4. The Balaban J connectivity index is 3.63. The summed E-state index contributed by atoms with van der Waals surface area (Å²) >= 11 is 0. The Hall–Kier alpha value is -0.120. The standard InChI is InChI=1S/C23H48O3/c1-3-5-7-9-10-11-12-13-14-15-17-19-23(18-16-8-6-4-2)26-21-22(25)20-24/h22-25H,3-21H2,1-2H3. The van der Waals surface area contributed by atoms with E-state index < -0.39 is 6.10 Å². The van der Waals surface area contributed by atoms with Crippen LogP contribution in [0.25, 0.3) is 0 Å². The van der Waals surface area contributed by atoms with E-state index in [9.17, 15) is 5.11 Å². The number of aliphatic hydroxyl groups excluding tert-OH is 2. The fraction of sp³-hybridized carbons (Fsp3) is 1.00. The molecule has 3 nitrogen and oxygen atoms in total. The second-order valence-electron chi connectivity index (χ2n) is 7.97. The Morgan fingerprint density at radius 2 is 1.00 bits per heavy atom. The predicted molar refractivity (Wildman–Crippen MR) is 113 cm³/mol. The van der Waals surface area contributed by atoms with Gasteiger partial charge in [0.15, 0.2) is 0 Å². The largest absolute Gasteiger partial charge is 0.394 e. The maximum absolute atomic E-state index is 9.50. The van der Waals surface area contributed by atoms with Gasteiger partial charge in [0, 0.05) is 0 Å². The van der Waals surface area contributed by atoms with Gasteiger partial charge >= 0.3 is 0 Å². The molecule has 0 aliphatic carbocycles. The van der Waals surface area contributed by atoms with Gasteiger partial charge in [0.1, 0.15) is 6.10 Å². The summed E-state index contributed by atoms with van der Waals surface area (Å²) in [7, 11) is 0. The lowest BCUT2D eigenvalue weighted by Crippen LogP contribution is -2.24. The third kappa shape index (κ3) is 18.7. The van der Waals surface area contributed by atoms with Gasteiger partial charge in [0.05, 0.1) is 19.3 Å². The lowest BCUT2D eigenvalue weighted by Gasteiger charge is -2.19. The minimum Gasteiger partial charge on any atom is -0.394 e. The topological polar surface area (TPSA) is 49.7 Å². The van der Waals surface area contributed by atoms with Gasteiger partial charge in [-0.15, -0.1) is 0 Å². The van der Waals surface area contributed by atoms with Crippen molar-refractivity contribution in [3.63, 3.8) is 0 Å². The molecule has 0 saturated carbocycles. The number of hydrogen-bond donors (Lipinski definition) is 2. The molecule has 0 aliphatic heterocycles. The first-order chi connectivity index (χ1) is 12.7. The lowest BCUT2D eigenvalue weighted by molar-refractivity contribution is -0.0350. The van der Waals surface area contributed by atoms with Gasteiger partial charge in [-0.05, 0) is 12.8 Å². The Bertz CT molecular complexity index is 258. The van der Waals surface area contributed by atoms with Gasteiger partial charge < -0.3 is 14.9 Å². The highest BCUT2D eigenvalue weighted by Gasteiger charge is 2.11. The fourth-order valence-corrected chi connectivity index (χ4v) is 3.45. The number of ether oxygens (including phenoxy) is 1. The van der Waals surface area contributed by atoms with Gasteiger partial charge in [0.25, 0.3) is 0 Å². The molecule has 0 bridgehead atoms. The summed E-state index contributed by atoms with van der Waals surface area (Å²) in [6, 6.07) is 0. The van der Waals surface area contributed by atoms with Crippen molar-refractivity contribution in [2.24, 2.45) is 0 Å². The van der Waals surface area contributed by atoms with E-state index >= 15 is 0 Å². The van der Waals surface area contributed by atoms with E-state index in [-0.39, 0.29) is 19.3 Å². The molecule has 0 aromatic carbocycles. The molecule has 0 fully saturated rings. The molecule has 158 valence electrons. The van der Waals surface area contributed by atoms with E-state index in [1.165, 1.54) is 96.3 Å². The molecule has 2 unspecified atom stereocenters.